The molecule has 5 nitrogen and oxygen atoms in total. The minimum Gasteiger partial charge on any atom is -0.363 e. The zero-order valence-electron chi connectivity index (χ0n) is 10.0. The zero-order chi connectivity index (χ0) is 12.4. The molecule has 0 aliphatic heterocycles. The second-order valence-corrected chi connectivity index (χ2v) is 4.25. The molecular weight excluding hydrogens is 238 g/mol. The predicted molar refractivity (Wildman–Crippen MR) is 67.1 cm³/mol. The average molecular weight is 252 g/mol. The highest BCUT2D eigenvalue weighted by Gasteiger charge is 2.08. The molecule has 1 N–H and O–H groups in total. The largest absolute Gasteiger partial charge is 0.363 e. The van der Waals surface area contributed by atoms with Gasteiger partial charge < -0.3 is 5.32 Å². The van der Waals surface area contributed by atoms with Crippen LogP contribution in [0.25, 0.3) is 0 Å². The summed E-state index contributed by atoms with van der Waals surface area (Å²) in [6.07, 6.45) is 1.77. The summed E-state index contributed by atoms with van der Waals surface area (Å²) in [6.45, 7) is 4.57. The van der Waals surface area contributed by atoms with Crippen molar-refractivity contribution < 1.29 is 0 Å². The molecule has 0 spiro atoms. The van der Waals surface area contributed by atoms with Crippen LogP contribution in [0.2, 0.25) is 5.15 Å². The van der Waals surface area contributed by atoms with E-state index < -0.39 is 0 Å². The lowest BCUT2D eigenvalue weighted by Crippen LogP contribution is -2.09. The molecule has 0 aromatic carbocycles. The highest BCUT2D eigenvalue weighted by atomic mass is 35.5. The van der Waals surface area contributed by atoms with Crippen LogP contribution in [-0.4, -0.2) is 20.0 Å². The van der Waals surface area contributed by atoms with E-state index in [1.54, 1.807) is 6.20 Å². The Hall–Kier alpha value is -1.62. The second kappa shape index (κ2) is 4.71. The molecule has 2 rings (SSSR count). The fourth-order valence-corrected chi connectivity index (χ4v) is 1.67. The number of hydrogen-bond donors (Lipinski definition) is 1. The van der Waals surface area contributed by atoms with Gasteiger partial charge >= 0.3 is 0 Å². The van der Waals surface area contributed by atoms with Gasteiger partial charge in [0.15, 0.2) is 11.0 Å². The Kier molecular flexibility index (Phi) is 3.28. The molecule has 0 fully saturated rings. The van der Waals surface area contributed by atoms with E-state index in [1.165, 1.54) is 0 Å². The molecule has 0 aliphatic rings. The van der Waals surface area contributed by atoms with Crippen molar-refractivity contribution in [1.82, 2.24) is 20.0 Å². The Morgan fingerprint density at radius 3 is 2.71 bits per heavy atom. The lowest BCUT2D eigenvalue weighted by atomic mass is 10.2. The van der Waals surface area contributed by atoms with Gasteiger partial charge in [-0.15, -0.1) is 10.2 Å². The third kappa shape index (κ3) is 2.39. The highest BCUT2D eigenvalue weighted by molar-refractivity contribution is 6.30. The van der Waals surface area contributed by atoms with Gasteiger partial charge in [0.05, 0.1) is 12.2 Å². The maximum atomic E-state index is 5.90. The van der Waals surface area contributed by atoms with Crippen LogP contribution in [0, 0.1) is 13.8 Å². The number of nitrogens with one attached hydrogen (secondary N) is 1. The third-order valence-electron chi connectivity index (χ3n) is 2.82. The van der Waals surface area contributed by atoms with E-state index in [-0.39, 0.29) is 0 Å². The molecule has 0 saturated heterocycles. The SMILES string of the molecule is Cc1c(Cl)nnc(NCc2ccnn2C)c1C. The minimum absolute atomic E-state index is 0.452. The van der Waals surface area contributed by atoms with E-state index in [9.17, 15) is 0 Å². The number of hydrogen-bond acceptors (Lipinski definition) is 4. The summed E-state index contributed by atoms with van der Waals surface area (Å²) in [4.78, 5) is 0. The van der Waals surface area contributed by atoms with Crippen molar-refractivity contribution in [3.05, 3.63) is 34.2 Å². The van der Waals surface area contributed by atoms with Gasteiger partial charge in [-0.2, -0.15) is 5.10 Å². The van der Waals surface area contributed by atoms with E-state index in [2.05, 4.69) is 20.6 Å². The van der Waals surface area contributed by atoms with Crippen LogP contribution in [-0.2, 0) is 13.6 Å². The summed E-state index contributed by atoms with van der Waals surface area (Å²) in [5, 5.41) is 15.7. The molecule has 0 radical (unpaired) electrons. The van der Waals surface area contributed by atoms with Gasteiger partial charge in [-0.05, 0) is 31.0 Å². The fraction of sp³-hybridized carbons (Fsp3) is 0.364. The first-order valence-corrected chi connectivity index (χ1v) is 5.67. The summed E-state index contributed by atoms with van der Waals surface area (Å²) in [7, 11) is 1.91. The monoisotopic (exact) mass is 251 g/mol. The minimum atomic E-state index is 0.452. The number of anilines is 1. The Morgan fingerprint density at radius 2 is 2.06 bits per heavy atom. The van der Waals surface area contributed by atoms with Gasteiger partial charge in [-0.25, -0.2) is 0 Å². The lowest BCUT2D eigenvalue weighted by Gasteiger charge is -2.10. The highest BCUT2D eigenvalue weighted by Crippen LogP contribution is 2.20. The number of rotatable bonds is 3. The van der Waals surface area contributed by atoms with Crippen molar-refractivity contribution in [3.8, 4) is 0 Å². The van der Waals surface area contributed by atoms with E-state index >= 15 is 0 Å². The number of halogens is 1. The Balaban J connectivity index is 2.15. The molecule has 17 heavy (non-hydrogen) atoms. The molecule has 0 saturated carbocycles. The maximum Gasteiger partial charge on any atom is 0.155 e. The van der Waals surface area contributed by atoms with Gasteiger partial charge in [0.25, 0.3) is 0 Å². The molecule has 6 heteroatoms. The van der Waals surface area contributed by atoms with E-state index in [4.69, 9.17) is 11.6 Å². The standard InChI is InChI=1S/C11H14ClN5/c1-7-8(2)11(16-15-10(7)12)13-6-9-4-5-14-17(9)3/h4-5H,6H2,1-3H3,(H,13,16). The smallest absolute Gasteiger partial charge is 0.155 e. The first-order chi connectivity index (χ1) is 8.09. The average Bonchev–Trinajstić information content (AvgIpc) is 2.71. The van der Waals surface area contributed by atoms with Crippen molar-refractivity contribution in [2.24, 2.45) is 7.05 Å². The van der Waals surface area contributed by atoms with Crippen LogP contribution < -0.4 is 5.32 Å². The van der Waals surface area contributed by atoms with Crippen molar-refractivity contribution >= 4 is 17.4 Å². The van der Waals surface area contributed by atoms with Crippen LogP contribution in [0.4, 0.5) is 5.82 Å². The first-order valence-electron chi connectivity index (χ1n) is 5.29. The third-order valence-corrected chi connectivity index (χ3v) is 3.18. The zero-order valence-corrected chi connectivity index (χ0v) is 10.8. The van der Waals surface area contributed by atoms with Gasteiger partial charge in [-0.1, -0.05) is 11.6 Å². The van der Waals surface area contributed by atoms with E-state index in [1.807, 2.05) is 31.6 Å². The van der Waals surface area contributed by atoms with Crippen molar-refractivity contribution in [3.63, 3.8) is 0 Å². The molecular formula is C11H14ClN5. The molecule has 90 valence electrons. The topological polar surface area (TPSA) is 55.6 Å². The first kappa shape index (κ1) is 11.9. The summed E-state index contributed by atoms with van der Waals surface area (Å²) >= 11 is 5.90. The fourth-order valence-electron chi connectivity index (χ4n) is 1.49. The summed E-state index contributed by atoms with van der Waals surface area (Å²) in [5.41, 5.74) is 3.06. The molecule has 0 amide bonds. The van der Waals surface area contributed by atoms with Crippen molar-refractivity contribution in [2.45, 2.75) is 20.4 Å². The number of nitrogens with zero attached hydrogens (tertiary/aromatic N) is 4. The van der Waals surface area contributed by atoms with E-state index in [0.717, 1.165) is 22.6 Å². The van der Waals surface area contributed by atoms with Crippen molar-refractivity contribution in [2.75, 3.05) is 5.32 Å². The van der Waals surface area contributed by atoms with Gasteiger partial charge in [0.1, 0.15) is 0 Å². The molecule has 2 heterocycles. The molecule has 0 unspecified atom stereocenters. The normalized spacial score (nSPS) is 10.6. The van der Waals surface area contributed by atoms with Crippen molar-refractivity contribution in [1.29, 1.82) is 0 Å². The second-order valence-electron chi connectivity index (χ2n) is 3.89. The summed E-state index contributed by atoms with van der Waals surface area (Å²) in [5.74, 6) is 0.758. The molecule has 0 bridgehead atoms. The lowest BCUT2D eigenvalue weighted by molar-refractivity contribution is 0.719. The Labute approximate surface area is 105 Å². The van der Waals surface area contributed by atoms with Crippen LogP contribution in [0.3, 0.4) is 0 Å². The summed E-state index contributed by atoms with van der Waals surface area (Å²) in [6, 6.07) is 1.96. The van der Waals surface area contributed by atoms with E-state index in [0.29, 0.717) is 11.7 Å². The van der Waals surface area contributed by atoms with Gasteiger partial charge in [-0.3, -0.25) is 4.68 Å². The van der Waals surface area contributed by atoms with Crippen LogP contribution in [0.5, 0.6) is 0 Å². The molecule has 2 aromatic rings. The number of aryl methyl sites for hydroxylation is 1. The molecule has 2 aromatic heterocycles. The van der Waals surface area contributed by atoms with Gasteiger partial charge in [0, 0.05) is 13.2 Å². The maximum absolute atomic E-state index is 5.90. The molecule has 0 aliphatic carbocycles. The summed E-state index contributed by atoms with van der Waals surface area (Å²) < 4.78 is 1.82. The quantitative estimate of drug-likeness (QED) is 0.908. The predicted octanol–water partition coefficient (Wildman–Crippen LogP) is 2.09. The van der Waals surface area contributed by atoms with Gasteiger partial charge in [0.2, 0.25) is 0 Å². The van der Waals surface area contributed by atoms with Crippen LogP contribution >= 0.6 is 11.6 Å². The number of aromatic nitrogens is 4. The van der Waals surface area contributed by atoms with Crippen LogP contribution in [0.15, 0.2) is 12.3 Å². The van der Waals surface area contributed by atoms with Crippen LogP contribution in [0.1, 0.15) is 16.8 Å². The Morgan fingerprint density at radius 1 is 1.29 bits per heavy atom. The Bertz CT molecular complexity index is 535. The molecule has 0 atom stereocenters.